The van der Waals surface area contributed by atoms with E-state index >= 15 is 0 Å². The molecule has 2 aliphatic rings. The van der Waals surface area contributed by atoms with Crippen molar-refractivity contribution in [1.82, 2.24) is 29.9 Å². The molecule has 0 spiro atoms. The third-order valence-electron chi connectivity index (χ3n) is 5.96. The molecule has 0 bridgehead atoms. The number of fused-ring (bicyclic) bond motifs is 1. The Balaban J connectivity index is 1.37. The van der Waals surface area contributed by atoms with Gasteiger partial charge in [-0.25, -0.2) is 13.7 Å². The van der Waals surface area contributed by atoms with E-state index < -0.39 is 0 Å². The summed E-state index contributed by atoms with van der Waals surface area (Å²) in [5.41, 5.74) is 3.12. The number of aromatic nitrogens is 4. The lowest BCUT2D eigenvalue weighted by Crippen LogP contribution is -2.37. The van der Waals surface area contributed by atoms with Crippen LogP contribution in [0.15, 0.2) is 41.3 Å². The Morgan fingerprint density at radius 3 is 2.90 bits per heavy atom. The highest BCUT2D eigenvalue weighted by atomic mass is 19.1. The Morgan fingerprint density at radius 1 is 1.24 bits per heavy atom. The van der Waals surface area contributed by atoms with Gasteiger partial charge in [0.15, 0.2) is 0 Å². The molecule has 1 amide bonds. The molecule has 0 N–H and O–H groups in total. The highest BCUT2D eigenvalue weighted by Gasteiger charge is 2.46. The van der Waals surface area contributed by atoms with E-state index in [2.05, 4.69) is 20.3 Å². The first-order valence-corrected chi connectivity index (χ1v) is 9.70. The van der Waals surface area contributed by atoms with Gasteiger partial charge in [-0.2, -0.15) is 5.10 Å². The molecule has 8 nitrogen and oxygen atoms in total. The molecule has 9 heteroatoms. The fourth-order valence-corrected chi connectivity index (χ4v) is 4.50. The second-order valence-corrected chi connectivity index (χ2v) is 7.64. The first-order valence-electron chi connectivity index (χ1n) is 9.70. The Hall–Kier alpha value is -3.07. The summed E-state index contributed by atoms with van der Waals surface area (Å²) >= 11 is 0. The third kappa shape index (κ3) is 3.21. The molecule has 0 aliphatic carbocycles. The smallest absolute Gasteiger partial charge is 0.224 e. The lowest BCUT2D eigenvalue weighted by molar-refractivity contribution is -0.129. The predicted molar refractivity (Wildman–Crippen MR) is 100 cm³/mol. The summed E-state index contributed by atoms with van der Waals surface area (Å²) < 4.78 is 20.5. The number of nitrogens with zero attached hydrogens (tertiary/aromatic N) is 6. The molecule has 5 rings (SSSR count). The molecule has 0 saturated carbocycles. The molecule has 29 heavy (non-hydrogen) atoms. The van der Waals surface area contributed by atoms with E-state index in [9.17, 15) is 9.18 Å². The number of hydrogen-bond donors (Lipinski definition) is 0. The zero-order valence-electron chi connectivity index (χ0n) is 16.0. The number of carbonyl (C=O) groups excluding carboxylic acids is 1. The number of rotatable bonds is 5. The summed E-state index contributed by atoms with van der Waals surface area (Å²) in [4.78, 5) is 16.8. The van der Waals surface area contributed by atoms with Crippen molar-refractivity contribution in [3.63, 3.8) is 0 Å². The van der Waals surface area contributed by atoms with Crippen LogP contribution < -0.4 is 0 Å². The fourth-order valence-electron chi connectivity index (χ4n) is 4.50. The van der Waals surface area contributed by atoms with Crippen molar-refractivity contribution in [2.45, 2.75) is 44.9 Å². The number of benzene rings is 1. The standard InChI is InChI=1S/C20H21FN6O2/c1-13-16(24-29-23-13)12-26-18-5-8-25(19(18)10-20(26)28)11-14-9-15(21)3-4-17(14)27-7-2-6-22-27/h2-4,6-7,9,18-19H,5,8,10-12H2,1H3/t18-,19-/m0/s1. The van der Waals surface area contributed by atoms with E-state index in [1.165, 1.54) is 6.07 Å². The normalized spacial score (nSPS) is 21.9. The molecule has 0 radical (unpaired) electrons. The maximum atomic E-state index is 14.0. The van der Waals surface area contributed by atoms with Gasteiger partial charge in [-0.1, -0.05) is 10.3 Å². The van der Waals surface area contributed by atoms with E-state index in [-0.39, 0.29) is 23.8 Å². The van der Waals surface area contributed by atoms with Crippen LogP contribution in [0.3, 0.4) is 0 Å². The Kier molecular flexibility index (Phi) is 4.39. The zero-order chi connectivity index (χ0) is 20.0. The van der Waals surface area contributed by atoms with Crippen LogP contribution in [0.4, 0.5) is 4.39 Å². The van der Waals surface area contributed by atoms with Crippen LogP contribution in [-0.4, -0.2) is 54.4 Å². The minimum absolute atomic E-state index is 0.108. The van der Waals surface area contributed by atoms with Crippen molar-refractivity contribution < 1.29 is 13.8 Å². The van der Waals surface area contributed by atoms with Crippen molar-refractivity contribution in [3.8, 4) is 5.69 Å². The van der Waals surface area contributed by atoms with Gasteiger partial charge in [-0.05, 0) is 43.2 Å². The molecule has 150 valence electrons. The second-order valence-electron chi connectivity index (χ2n) is 7.64. The van der Waals surface area contributed by atoms with Crippen molar-refractivity contribution in [2.24, 2.45) is 0 Å². The largest absolute Gasteiger partial charge is 0.332 e. The van der Waals surface area contributed by atoms with Crippen LogP contribution in [0.5, 0.6) is 0 Å². The maximum absolute atomic E-state index is 14.0. The van der Waals surface area contributed by atoms with Gasteiger partial charge in [-0.3, -0.25) is 9.69 Å². The summed E-state index contributed by atoms with van der Waals surface area (Å²) in [7, 11) is 0. The quantitative estimate of drug-likeness (QED) is 0.657. The summed E-state index contributed by atoms with van der Waals surface area (Å²) in [5.74, 6) is -0.163. The van der Waals surface area contributed by atoms with Crippen molar-refractivity contribution in [2.75, 3.05) is 6.54 Å². The molecule has 2 saturated heterocycles. The lowest BCUT2D eigenvalue weighted by atomic mass is 10.1. The van der Waals surface area contributed by atoms with Gasteiger partial charge in [0.1, 0.15) is 17.2 Å². The average Bonchev–Trinajstić information content (AvgIpc) is 3.47. The minimum atomic E-state index is -0.273. The fraction of sp³-hybridized carbons (Fsp3) is 0.400. The predicted octanol–water partition coefficient (Wildman–Crippen LogP) is 2.08. The highest BCUT2D eigenvalue weighted by Crippen LogP contribution is 2.35. The molecule has 2 fully saturated rings. The second kappa shape index (κ2) is 7.07. The summed E-state index contributed by atoms with van der Waals surface area (Å²) in [5, 5.41) is 12.0. The van der Waals surface area contributed by atoms with Gasteiger partial charge in [0.2, 0.25) is 5.91 Å². The minimum Gasteiger partial charge on any atom is -0.332 e. The Bertz CT molecular complexity index is 1030. The number of hydrogen-bond acceptors (Lipinski definition) is 6. The van der Waals surface area contributed by atoms with Gasteiger partial charge in [0.05, 0.1) is 12.2 Å². The molecular weight excluding hydrogens is 375 g/mol. The van der Waals surface area contributed by atoms with Crippen LogP contribution >= 0.6 is 0 Å². The van der Waals surface area contributed by atoms with Gasteiger partial charge < -0.3 is 4.90 Å². The average molecular weight is 396 g/mol. The molecule has 3 aromatic rings. The van der Waals surface area contributed by atoms with Crippen LogP contribution in [0.2, 0.25) is 0 Å². The van der Waals surface area contributed by atoms with Gasteiger partial charge in [0, 0.05) is 44.0 Å². The number of amides is 1. The number of aryl methyl sites for hydroxylation is 1. The summed E-state index contributed by atoms with van der Waals surface area (Å²) in [6.07, 6.45) is 4.89. The Labute approximate surface area is 166 Å². The number of carbonyl (C=O) groups is 1. The third-order valence-corrected chi connectivity index (χ3v) is 5.96. The number of likely N-dealkylation sites (tertiary alicyclic amines) is 2. The monoisotopic (exact) mass is 396 g/mol. The Morgan fingerprint density at radius 2 is 2.14 bits per heavy atom. The van der Waals surface area contributed by atoms with Crippen LogP contribution in [-0.2, 0) is 17.9 Å². The summed E-state index contributed by atoms with van der Waals surface area (Å²) in [6, 6.07) is 6.83. The first-order chi connectivity index (χ1) is 14.1. The topological polar surface area (TPSA) is 80.3 Å². The summed E-state index contributed by atoms with van der Waals surface area (Å²) in [6.45, 7) is 3.66. The molecule has 2 atom stereocenters. The molecule has 0 unspecified atom stereocenters. The van der Waals surface area contributed by atoms with Crippen LogP contribution in [0, 0.1) is 12.7 Å². The maximum Gasteiger partial charge on any atom is 0.224 e. The van der Waals surface area contributed by atoms with Crippen molar-refractivity contribution in [3.05, 3.63) is 59.4 Å². The van der Waals surface area contributed by atoms with Crippen LogP contribution in [0.25, 0.3) is 5.69 Å². The molecule has 4 heterocycles. The van der Waals surface area contributed by atoms with E-state index in [1.54, 1.807) is 23.0 Å². The molecular formula is C20H21FN6O2. The van der Waals surface area contributed by atoms with Crippen molar-refractivity contribution >= 4 is 5.91 Å². The zero-order valence-corrected chi connectivity index (χ0v) is 16.0. The molecule has 1 aromatic carbocycles. The lowest BCUT2D eigenvalue weighted by Gasteiger charge is -2.25. The molecule has 2 aliphatic heterocycles. The van der Waals surface area contributed by atoms with Gasteiger partial charge >= 0.3 is 0 Å². The van der Waals surface area contributed by atoms with Gasteiger partial charge in [-0.15, -0.1) is 0 Å². The SMILES string of the molecule is Cc1nonc1CN1C(=O)C[C@H]2[C@@H]1CCN2Cc1cc(F)ccc1-n1cccn1. The van der Waals surface area contributed by atoms with E-state index in [0.717, 1.165) is 24.2 Å². The first kappa shape index (κ1) is 18.0. The van der Waals surface area contributed by atoms with Crippen LogP contribution in [0.1, 0.15) is 29.8 Å². The number of halogens is 1. The highest BCUT2D eigenvalue weighted by molar-refractivity contribution is 5.80. The van der Waals surface area contributed by atoms with E-state index in [1.807, 2.05) is 24.1 Å². The van der Waals surface area contributed by atoms with Gasteiger partial charge in [0.25, 0.3) is 0 Å². The van der Waals surface area contributed by atoms with Crippen molar-refractivity contribution in [1.29, 1.82) is 0 Å². The van der Waals surface area contributed by atoms with E-state index in [4.69, 9.17) is 4.63 Å². The molecule has 2 aromatic heterocycles. The van der Waals surface area contributed by atoms with E-state index in [0.29, 0.717) is 30.9 Å².